The van der Waals surface area contributed by atoms with Crippen LogP contribution in [0.25, 0.3) is 5.76 Å². The monoisotopic (exact) mass is 239 g/mol. The van der Waals surface area contributed by atoms with Gasteiger partial charge in [-0.2, -0.15) is 0 Å². The molecule has 0 unspecified atom stereocenters. The Morgan fingerprint density at radius 2 is 1.67 bits per heavy atom. The molecule has 18 heavy (non-hydrogen) atoms. The number of hydrogen-bond donors (Lipinski definition) is 2. The number of benzene rings is 2. The van der Waals surface area contributed by atoms with E-state index in [1.165, 1.54) is 0 Å². The molecule has 1 aliphatic heterocycles. The minimum atomic E-state index is 0.731. The Morgan fingerprint density at radius 3 is 2.39 bits per heavy atom. The van der Waals surface area contributed by atoms with Crippen molar-refractivity contribution in [3.8, 4) is 0 Å². The van der Waals surface area contributed by atoms with Crippen LogP contribution in [0, 0.1) is 0 Å². The summed E-state index contributed by atoms with van der Waals surface area (Å²) >= 11 is 0. The lowest BCUT2D eigenvalue weighted by atomic mass is 10.2. The van der Waals surface area contributed by atoms with Crippen molar-refractivity contribution in [3.05, 3.63) is 66.4 Å². The summed E-state index contributed by atoms with van der Waals surface area (Å²) in [4.78, 5) is 5.72. The van der Waals surface area contributed by atoms with Crippen LogP contribution < -0.4 is 16.3 Å². The molecule has 1 heterocycles. The van der Waals surface area contributed by atoms with Gasteiger partial charge < -0.3 is 10.6 Å². The number of rotatable bonds is 2. The first-order chi connectivity index (χ1) is 8.83. The van der Waals surface area contributed by atoms with Gasteiger partial charge in [-0.15, -0.1) is 5.17 Å². The molecule has 90 valence electrons. The van der Waals surface area contributed by atoms with Crippen LogP contribution in [0.2, 0.25) is 0 Å². The average molecular weight is 239 g/mol. The fourth-order valence-electron chi connectivity index (χ4n) is 1.74. The third kappa shape index (κ3) is 1.96. The molecule has 0 saturated heterocycles. The van der Waals surface area contributed by atoms with E-state index in [9.17, 15) is 0 Å². The van der Waals surface area contributed by atoms with Gasteiger partial charge in [0.25, 0.3) is 0 Å². The molecule has 0 saturated carbocycles. The lowest BCUT2D eigenvalue weighted by molar-refractivity contribution is 0.243. The molecule has 0 fully saturated rings. The number of nitrogens with one attached hydrogen (secondary N) is 1. The first kappa shape index (κ1) is 10.5. The van der Waals surface area contributed by atoms with Gasteiger partial charge in [0, 0.05) is 11.3 Å². The van der Waals surface area contributed by atoms with E-state index in [1.807, 2.05) is 60.8 Å². The van der Waals surface area contributed by atoms with Crippen LogP contribution in [0.3, 0.4) is 0 Å². The Labute approximate surface area is 105 Å². The van der Waals surface area contributed by atoms with Crippen molar-refractivity contribution < 1.29 is 4.84 Å². The van der Waals surface area contributed by atoms with Crippen molar-refractivity contribution in [3.63, 3.8) is 0 Å². The van der Waals surface area contributed by atoms with E-state index >= 15 is 0 Å². The maximum Gasteiger partial charge on any atom is 0.182 e. The zero-order valence-corrected chi connectivity index (χ0v) is 9.71. The second-order valence-corrected chi connectivity index (χ2v) is 3.98. The normalized spacial score (nSPS) is 13.8. The van der Waals surface area contributed by atoms with Gasteiger partial charge >= 0.3 is 0 Å². The van der Waals surface area contributed by atoms with E-state index < -0.39 is 0 Å². The maximum atomic E-state index is 5.72. The Bertz CT molecular complexity index is 563. The third-order valence-electron chi connectivity index (χ3n) is 2.69. The van der Waals surface area contributed by atoms with Gasteiger partial charge in [-0.1, -0.05) is 30.3 Å². The van der Waals surface area contributed by atoms with Crippen molar-refractivity contribution in [2.24, 2.45) is 0 Å². The van der Waals surface area contributed by atoms with E-state index in [4.69, 9.17) is 10.6 Å². The number of hydrazine groups is 1. The highest BCUT2D eigenvalue weighted by Crippen LogP contribution is 2.25. The topological polar surface area (TPSA) is 50.5 Å². The van der Waals surface area contributed by atoms with Gasteiger partial charge in [0.05, 0.1) is 11.9 Å². The molecule has 0 radical (unpaired) electrons. The number of nitrogens with two attached hydrogens (primary N) is 1. The molecule has 3 N–H and O–H groups in total. The summed E-state index contributed by atoms with van der Waals surface area (Å²) in [5, 5.41) is 1.60. The Balaban J connectivity index is 1.76. The SMILES string of the molecule is Nc1ccc(N2NC=C(c3ccccc3)O2)cc1. The smallest absolute Gasteiger partial charge is 0.182 e. The molecular weight excluding hydrogens is 226 g/mol. The predicted octanol–water partition coefficient (Wildman–Crippen LogP) is 2.52. The highest BCUT2D eigenvalue weighted by atomic mass is 16.7. The van der Waals surface area contributed by atoms with Crippen molar-refractivity contribution >= 4 is 17.1 Å². The summed E-state index contributed by atoms with van der Waals surface area (Å²) in [6.07, 6.45) is 1.83. The van der Waals surface area contributed by atoms with Crippen molar-refractivity contribution in [1.29, 1.82) is 0 Å². The third-order valence-corrected chi connectivity index (χ3v) is 2.69. The average Bonchev–Trinajstić information content (AvgIpc) is 2.90. The highest BCUT2D eigenvalue weighted by molar-refractivity contribution is 5.63. The van der Waals surface area contributed by atoms with Gasteiger partial charge in [-0.05, 0) is 24.3 Å². The molecule has 2 aromatic rings. The van der Waals surface area contributed by atoms with Crippen molar-refractivity contribution in [2.45, 2.75) is 0 Å². The van der Waals surface area contributed by atoms with Crippen molar-refractivity contribution in [2.75, 3.05) is 10.9 Å². The predicted molar refractivity (Wildman–Crippen MR) is 72.0 cm³/mol. The van der Waals surface area contributed by atoms with E-state index in [2.05, 4.69) is 5.43 Å². The largest absolute Gasteiger partial charge is 0.399 e. The lowest BCUT2D eigenvalue weighted by Gasteiger charge is -2.17. The van der Waals surface area contributed by atoms with Crippen LogP contribution in [0.15, 0.2) is 60.8 Å². The van der Waals surface area contributed by atoms with Crippen LogP contribution in [0.1, 0.15) is 5.56 Å². The Morgan fingerprint density at radius 1 is 0.944 bits per heavy atom. The summed E-state index contributed by atoms with van der Waals surface area (Å²) in [7, 11) is 0. The zero-order valence-electron chi connectivity index (χ0n) is 9.71. The van der Waals surface area contributed by atoms with Gasteiger partial charge in [0.1, 0.15) is 0 Å². The van der Waals surface area contributed by atoms with E-state index in [0.717, 1.165) is 22.7 Å². The van der Waals surface area contributed by atoms with E-state index in [1.54, 1.807) is 5.17 Å². The Kier molecular flexibility index (Phi) is 2.53. The molecule has 0 spiro atoms. The van der Waals surface area contributed by atoms with Crippen LogP contribution in [0.5, 0.6) is 0 Å². The van der Waals surface area contributed by atoms with Crippen LogP contribution >= 0.6 is 0 Å². The molecule has 4 heteroatoms. The number of hydrogen-bond acceptors (Lipinski definition) is 4. The molecule has 3 rings (SSSR count). The summed E-state index contributed by atoms with van der Waals surface area (Å²) in [6.45, 7) is 0. The first-order valence-corrected chi connectivity index (χ1v) is 5.68. The van der Waals surface area contributed by atoms with E-state index in [0.29, 0.717) is 0 Å². The highest BCUT2D eigenvalue weighted by Gasteiger charge is 2.17. The summed E-state index contributed by atoms with van der Waals surface area (Å²) in [6, 6.07) is 17.4. The molecule has 0 aliphatic carbocycles. The first-order valence-electron chi connectivity index (χ1n) is 5.68. The quantitative estimate of drug-likeness (QED) is 0.791. The number of nitrogens with zero attached hydrogens (tertiary/aromatic N) is 1. The lowest BCUT2D eigenvalue weighted by Crippen LogP contribution is -2.28. The fourth-order valence-corrected chi connectivity index (χ4v) is 1.74. The number of nitrogen functional groups attached to an aromatic ring is 1. The molecule has 0 aromatic heterocycles. The summed E-state index contributed by atoms with van der Waals surface area (Å²) in [5.74, 6) is 0.785. The second-order valence-electron chi connectivity index (χ2n) is 3.98. The molecule has 0 amide bonds. The van der Waals surface area contributed by atoms with Crippen LogP contribution in [0.4, 0.5) is 11.4 Å². The standard InChI is InChI=1S/C14H13N3O/c15-12-6-8-13(9-7-12)17-16-10-14(18-17)11-4-2-1-3-5-11/h1-10,16H,15H2. The fraction of sp³-hybridized carbons (Fsp3) is 0. The molecule has 4 nitrogen and oxygen atoms in total. The molecule has 0 atom stereocenters. The van der Waals surface area contributed by atoms with Gasteiger partial charge in [0.15, 0.2) is 5.76 Å². The van der Waals surface area contributed by atoms with Gasteiger partial charge in [-0.25, -0.2) is 0 Å². The minimum Gasteiger partial charge on any atom is -0.399 e. The molecule has 2 aromatic carbocycles. The van der Waals surface area contributed by atoms with Gasteiger partial charge in [0.2, 0.25) is 0 Å². The summed E-state index contributed by atoms with van der Waals surface area (Å²) < 4.78 is 0. The number of anilines is 2. The molecular formula is C14H13N3O. The maximum absolute atomic E-state index is 5.72. The van der Waals surface area contributed by atoms with Crippen LogP contribution in [-0.4, -0.2) is 0 Å². The van der Waals surface area contributed by atoms with Crippen LogP contribution in [-0.2, 0) is 4.84 Å². The molecule has 0 bridgehead atoms. The van der Waals surface area contributed by atoms with Crippen molar-refractivity contribution in [1.82, 2.24) is 5.43 Å². The second kappa shape index (κ2) is 4.33. The van der Waals surface area contributed by atoms with E-state index in [-0.39, 0.29) is 0 Å². The Hall–Kier alpha value is -2.62. The zero-order chi connectivity index (χ0) is 12.4. The summed E-state index contributed by atoms with van der Waals surface area (Å²) in [5.41, 5.74) is 11.4. The molecule has 1 aliphatic rings. The minimum absolute atomic E-state index is 0.731. The van der Waals surface area contributed by atoms with Gasteiger partial charge in [-0.3, -0.25) is 5.43 Å².